The summed E-state index contributed by atoms with van der Waals surface area (Å²) < 4.78 is 1.95. The molecule has 0 aliphatic carbocycles. The Labute approximate surface area is 132 Å². The highest BCUT2D eigenvalue weighted by Crippen LogP contribution is 2.33. The van der Waals surface area contributed by atoms with E-state index in [1.165, 1.54) is 11.3 Å². The summed E-state index contributed by atoms with van der Waals surface area (Å²) in [5.41, 5.74) is 3.27. The van der Waals surface area contributed by atoms with Gasteiger partial charge < -0.3 is 5.11 Å². The quantitative estimate of drug-likeness (QED) is 0.804. The molecule has 0 aliphatic heterocycles. The standard InChI is InChI=1S/C16H17N3O2S/c1-16(2,3)14-11(7-13(20)21)19-12(9-22-15(19)18-14)10-5-4-6-17-8-10/h4-6,8-9H,7H2,1-3H3,(H,20,21). The van der Waals surface area contributed by atoms with Crippen LogP contribution in [0.5, 0.6) is 0 Å². The number of aliphatic carboxylic acids is 1. The van der Waals surface area contributed by atoms with E-state index >= 15 is 0 Å². The number of aromatic nitrogens is 3. The summed E-state index contributed by atoms with van der Waals surface area (Å²) in [5, 5.41) is 11.3. The third kappa shape index (κ3) is 2.50. The summed E-state index contributed by atoms with van der Waals surface area (Å²) >= 11 is 1.52. The van der Waals surface area contributed by atoms with Crippen LogP contribution in [0.15, 0.2) is 29.9 Å². The molecule has 22 heavy (non-hydrogen) atoms. The second-order valence-electron chi connectivity index (χ2n) is 6.21. The van der Waals surface area contributed by atoms with Crippen LogP contribution in [-0.2, 0) is 16.6 Å². The number of pyridine rings is 1. The van der Waals surface area contributed by atoms with Gasteiger partial charge in [-0.2, -0.15) is 0 Å². The van der Waals surface area contributed by atoms with Gasteiger partial charge in [-0.25, -0.2) is 4.98 Å². The molecule has 114 valence electrons. The Hall–Kier alpha value is -2.21. The van der Waals surface area contributed by atoms with Crippen molar-refractivity contribution in [2.24, 2.45) is 0 Å². The van der Waals surface area contributed by atoms with E-state index in [1.807, 2.05) is 21.9 Å². The van der Waals surface area contributed by atoms with Crippen molar-refractivity contribution in [2.75, 3.05) is 0 Å². The van der Waals surface area contributed by atoms with Crippen molar-refractivity contribution in [2.45, 2.75) is 32.6 Å². The SMILES string of the molecule is CC(C)(C)c1nc2scc(-c3cccnc3)n2c1CC(=O)O. The van der Waals surface area contributed by atoms with Gasteiger partial charge in [-0.05, 0) is 12.1 Å². The average molecular weight is 315 g/mol. The number of imidazole rings is 1. The third-order valence-corrected chi connectivity index (χ3v) is 4.27. The smallest absolute Gasteiger partial charge is 0.309 e. The molecule has 0 unspecified atom stereocenters. The lowest BCUT2D eigenvalue weighted by Crippen LogP contribution is -2.17. The van der Waals surface area contributed by atoms with Gasteiger partial charge in [0.25, 0.3) is 0 Å². The Morgan fingerprint density at radius 2 is 2.18 bits per heavy atom. The molecular formula is C16H17N3O2S. The summed E-state index contributed by atoms with van der Waals surface area (Å²) in [5.74, 6) is -0.851. The minimum absolute atomic E-state index is 0.0439. The van der Waals surface area contributed by atoms with Gasteiger partial charge in [0.15, 0.2) is 4.96 Å². The minimum atomic E-state index is -0.851. The maximum atomic E-state index is 11.3. The molecule has 0 radical (unpaired) electrons. The van der Waals surface area contributed by atoms with Crippen LogP contribution >= 0.6 is 11.3 Å². The normalized spacial score (nSPS) is 12.0. The summed E-state index contributed by atoms with van der Waals surface area (Å²) in [7, 11) is 0. The zero-order valence-corrected chi connectivity index (χ0v) is 13.5. The Bertz CT molecular complexity index is 828. The van der Waals surface area contributed by atoms with Crippen LogP contribution in [0.25, 0.3) is 16.2 Å². The molecule has 0 aromatic carbocycles. The zero-order valence-electron chi connectivity index (χ0n) is 12.7. The first kappa shape index (κ1) is 14.7. The van der Waals surface area contributed by atoms with E-state index < -0.39 is 5.97 Å². The highest BCUT2D eigenvalue weighted by atomic mass is 32.1. The Morgan fingerprint density at radius 3 is 2.77 bits per heavy atom. The number of hydrogen-bond acceptors (Lipinski definition) is 4. The van der Waals surface area contributed by atoms with Crippen LogP contribution in [0.1, 0.15) is 32.2 Å². The molecule has 0 saturated carbocycles. The molecule has 0 fully saturated rings. The van der Waals surface area contributed by atoms with Gasteiger partial charge in [-0.15, -0.1) is 11.3 Å². The molecule has 3 aromatic heterocycles. The van der Waals surface area contributed by atoms with Crippen molar-refractivity contribution in [3.05, 3.63) is 41.3 Å². The Kier molecular flexibility index (Phi) is 3.48. The predicted molar refractivity (Wildman–Crippen MR) is 86.3 cm³/mol. The molecule has 6 heteroatoms. The average Bonchev–Trinajstić information content (AvgIpc) is 2.99. The van der Waals surface area contributed by atoms with Crippen molar-refractivity contribution >= 4 is 22.3 Å². The molecule has 0 bridgehead atoms. The van der Waals surface area contributed by atoms with Crippen LogP contribution < -0.4 is 0 Å². The second kappa shape index (κ2) is 5.21. The molecule has 0 saturated heterocycles. The second-order valence-corrected chi connectivity index (χ2v) is 7.04. The molecule has 3 heterocycles. The van der Waals surface area contributed by atoms with Gasteiger partial charge in [0.05, 0.1) is 23.5 Å². The molecular weight excluding hydrogens is 298 g/mol. The van der Waals surface area contributed by atoms with E-state index in [4.69, 9.17) is 0 Å². The highest BCUT2D eigenvalue weighted by Gasteiger charge is 2.27. The van der Waals surface area contributed by atoms with Crippen LogP contribution in [-0.4, -0.2) is 25.4 Å². The molecule has 3 aromatic rings. The van der Waals surface area contributed by atoms with Crippen molar-refractivity contribution in [1.29, 1.82) is 0 Å². The Balaban J connectivity index is 2.29. The number of thiazole rings is 1. The van der Waals surface area contributed by atoms with Gasteiger partial charge in [0.2, 0.25) is 0 Å². The number of rotatable bonds is 3. The fourth-order valence-electron chi connectivity index (χ4n) is 2.54. The largest absolute Gasteiger partial charge is 0.481 e. The zero-order chi connectivity index (χ0) is 15.9. The third-order valence-electron chi connectivity index (χ3n) is 3.45. The Morgan fingerprint density at radius 1 is 1.41 bits per heavy atom. The molecule has 3 rings (SSSR count). The van der Waals surface area contributed by atoms with Crippen molar-refractivity contribution in [3.63, 3.8) is 0 Å². The first-order valence-electron chi connectivity index (χ1n) is 6.99. The number of fused-ring (bicyclic) bond motifs is 1. The molecule has 5 nitrogen and oxygen atoms in total. The molecule has 0 amide bonds. The van der Waals surface area contributed by atoms with Gasteiger partial charge in [0.1, 0.15) is 0 Å². The number of nitrogens with zero attached hydrogens (tertiary/aromatic N) is 3. The number of carbonyl (C=O) groups is 1. The molecule has 1 N–H and O–H groups in total. The van der Waals surface area contributed by atoms with Crippen LogP contribution in [0, 0.1) is 0 Å². The summed E-state index contributed by atoms with van der Waals surface area (Å²) in [6.07, 6.45) is 3.46. The minimum Gasteiger partial charge on any atom is -0.481 e. The van der Waals surface area contributed by atoms with Gasteiger partial charge >= 0.3 is 5.97 Å². The van der Waals surface area contributed by atoms with Gasteiger partial charge in [-0.1, -0.05) is 20.8 Å². The first-order chi connectivity index (χ1) is 10.4. The van der Waals surface area contributed by atoms with E-state index in [9.17, 15) is 9.90 Å². The molecule has 0 atom stereocenters. The van der Waals surface area contributed by atoms with E-state index in [2.05, 4.69) is 30.7 Å². The lowest BCUT2D eigenvalue weighted by atomic mass is 9.90. The lowest BCUT2D eigenvalue weighted by Gasteiger charge is -2.17. The molecule has 0 aliphatic rings. The van der Waals surface area contributed by atoms with Crippen LogP contribution in [0.3, 0.4) is 0 Å². The highest BCUT2D eigenvalue weighted by molar-refractivity contribution is 7.15. The summed E-state index contributed by atoms with van der Waals surface area (Å²) in [4.78, 5) is 21.0. The predicted octanol–water partition coefficient (Wildman–Crippen LogP) is 3.38. The lowest BCUT2D eigenvalue weighted by molar-refractivity contribution is -0.136. The van der Waals surface area contributed by atoms with Crippen LogP contribution in [0.2, 0.25) is 0 Å². The summed E-state index contributed by atoms with van der Waals surface area (Å²) in [6, 6.07) is 3.84. The topological polar surface area (TPSA) is 67.5 Å². The summed E-state index contributed by atoms with van der Waals surface area (Å²) in [6.45, 7) is 6.15. The number of hydrogen-bond donors (Lipinski definition) is 1. The fourth-order valence-corrected chi connectivity index (χ4v) is 3.45. The van der Waals surface area contributed by atoms with Crippen molar-refractivity contribution < 1.29 is 9.90 Å². The maximum absolute atomic E-state index is 11.3. The fraction of sp³-hybridized carbons (Fsp3) is 0.312. The van der Waals surface area contributed by atoms with E-state index in [-0.39, 0.29) is 11.8 Å². The monoisotopic (exact) mass is 315 g/mol. The van der Waals surface area contributed by atoms with Gasteiger partial charge in [0, 0.05) is 28.8 Å². The number of carboxylic acids is 1. The first-order valence-corrected chi connectivity index (χ1v) is 7.87. The van der Waals surface area contributed by atoms with E-state index in [1.54, 1.807) is 12.4 Å². The number of carboxylic acid groups (broad SMARTS) is 1. The van der Waals surface area contributed by atoms with Gasteiger partial charge in [-0.3, -0.25) is 14.2 Å². The van der Waals surface area contributed by atoms with E-state index in [0.29, 0.717) is 0 Å². The van der Waals surface area contributed by atoms with Crippen LogP contribution in [0.4, 0.5) is 0 Å². The van der Waals surface area contributed by atoms with Crippen molar-refractivity contribution in [1.82, 2.24) is 14.4 Å². The van der Waals surface area contributed by atoms with E-state index in [0.717, 1.165) is 27.6 Å². The maximum Gasteiger partial charge on any atom is 0.309 e. The molecule has 0 spiro atoms. The van der Waals surface area contributed by atoms with Crippen molar-refractivity contribution in [3.8, 4) is 11.3 Å².